The Bertz CT molecular complexity index is 611. The Morgan fingerprint density at radius 3 is 2.47 bits per heavy atom. The summed E-state index contributed by atoms with van der Waals surface area (Å²) in [7, 11) is 1.56. The molecule has 0 amide bonds. The Balaban J connectivity index is 1.45. The average molecular weight is 465 g/mol. The Labute approximate surface area is 188 Å². The molecule has 3 heterocycles. The molecule has 0 aliphatic carbocycles. The fraction of sp³-hybridized carbons (Fsp3) is 0.952. The molecule has 11 heteroatoms. The highest BCUT2D eigenvalue weighted by Crippen LogP contribution is 2.42. The van der Waals surface area contributed by atoms with Crippen molar-refractivity contribution in [1.82, 2.24) is 0 Å². The van der Waals surface area contributed by atoms with Gasteiger partial charge in [-0.15, -0.1) is 0 Å². The van der Waals surface area contributed by atoms with E-state index in [1.165, 1.54) is 0 Å². The van der Waals surface area contributed by atoms with Gasteiger partial charge in [-0.2, -0.15) is 0 Å². The number of esters is 1. The molecule has 3 fully saturated rings. The van der Waals surface area contributed by atoms with Crippen LogP contribution in [0.25, 0.3) is 0 Å². The Kier molecular flexibility index (Phi) is 8.86. The highest BCUT2D eigenvalue weighted by atomic mass is 16.9. The van der Waals surface area contributed by atoms with Gasteiger partial charge in [-0.05, 0) is 34.6 Å². The summed E-state index contributed by atoms with van der Waals surface area (Å²) < 4.78 is 56.5. The van der Waals surface area contributed by atoms with Gasteiger partial charge in [-0.3, -0.25) is 0 Å². The first kappa shape index (κ1) is 25.7. The molecule has 0 saturated carbocycles. The summed E-state index contributed by atoms with van der Waals surface area (Å²) in [5.74, 6) is -1.95. The van der Waals surface area contributed by atoms with Gasteiger partial charge >= 0.3 is 5.97 Å². The fourth-order valence-corrected chi connectivity index (χ4v) is 3.81. The Hall–Kier alpha value is -0.890. The van der Waals surface area contributed by atoms with Crippen molar-refractivity contribution in [3.8, 4) is 0 Å². The van der Waals surface area contributed by atoms with Crippen molar-refractivity contribution in [3.05, 3.63) is 0 Å². The predicted octanol–water partition coefficient (Wildman–Crippen LogP) is 0.968. The molecule has 32 heavy (non-hydrogen) atoms. The van der Waals surface area contributed by atoms with E-state index in [-0.39, 0.29) is 25.9 Å². The maximum absolute atomic E-state index is 11.6. The average Bonchev–Trinajstić information content (AvgIpc) is 3.32. The second-order valence-corrected chi connectivity index (χ2v) is 8.74. The maximum Gasteiger partial charge on any atom is 0.332 e. The lowest BCUT2D eigenvalue weighted by Crippen LogP contribution is -2.45. The number of fused-ring (bicyclic) bond motifs is 1. The van der Waals surface area contributed by atoms with Crippen molar-refractivity contribution in [2.24, 2.45) is 0 Å². The minimum Gasteiger partial charge on any atom is -0.462 e. The number of rotatable bonds is 12. The first-order valence-electron chi connectivity index (χ1n) is 10.9. The van der Waals surface area contributed by atoms with E-state index in [4.69, 9.17) is 47.4 Å². The molecule has 0 aromatic rings. The second kappa shape index (κ2) is 11.0. The van der Waals surface area contributed by atoms with E-state index in [1.54, 1.807) is 14.0 Å². The lowest BCUT2D eigenvalue weighted by Gasteiger charge is -2.30. The van der Waals surface area contributed by atoms with Crippen LogP contribution < -0.4 is 0 Å². The molecular formula is C21H36O11. The summed E-state index contributed by atoms with van der Waals surface area (Å²) in [6.07, 6.45) is -2.88. The summed E-state index contributed by atoms with van der Waals surface area (Å²) in [6, 6.07) is 0. The SMILES string of the molecule is COCCOCC(=O)OCCOC(C)O[C@@H]1[C@H]2OC(C)(C)O[C@H]2O[C@@H]1C1COC(C)(C)O1. The monoisotopic (exact) mass is 464 g/mol. The molecule has 3 rings (SSSR count). The van der Waals surface area contributed by atoms with Gasteiger partial charge in [-0.25, -0.2) is 4.79 Å². The smallest absolute Gasteiger partial charge is 0.332 e. The number of ether oxygens (including phenoxy) is 10. The van der Waals surface area contributed by atoms with E-state index in [0.29, 0.717) is 19.8 Å². The highest BCUT2D eigenvalue weighted by molar-refractivity contribution is 5.70. The van der Waals surface area contributed by atoms with Crippen molar-refractivity contribution < 1.29 is 52.2 Å². The van der Waals surface area contributed by atoms with Crippen LogP contribution in [-0.4, -0.2) is 101 Å². The number of carbonyl (C=O) groups is 1. The van der Waals surface area contributed by atoms with Crippen LogP contribution in [-0.2, 0) is 52.2 Å². The third-order valence-electron chi connectivity index (χ3n) is 5.12. The van der Waals surface area contributed by atoms with Crippen LogP contribution in [0.1, 0.15) is 34.6 Å². The normalized spacial score (nSPS) is 33.9. The molecule has 11 nitrogen and oxygen atoms in total. The summed E-state index contributed by atoms with van der Waals surface area (Å²) in [6.45, 7) is 10.3. The van der Waals surface area contributed by atoms with Gasteiger partial charge in [-0.1, -0.05) is 0 Å². The quantitative estimate of drug-likeness (QED) is 0.234. The first-order chi connectivity index (χ1) is 15.1. The van der Waals surface area contributed by atoms with E-state index in [0.717, 1.165) is 0 Å². The molecule has 3 saturated heterocycles. The van der Waals surface area contributed by atoms with Gasteiger partial charge in [0.2, 0.25) is 0 Å². The van der Waals surface area contributed by atoms with Gasteiger partial charge in [0.1, 0.15) is 37.6 Å². The molecule has 3 aliphatic rings. The molecule has 2 unspecified atom stereocenters. The van der Waals surface area contributed by atoms with Gasteiger partial charge in [0.05, 0.1) is 26.4 Å². The van der Waals surface area contributed by atoms with Gasteiger partial charge < -0.3 is 47.4 Å². The zero-order chi connectivity index (χ0) is 23.4. The second-order valence-electron chi connectivity index (χ2n) is 8.74. The molecular weight excluding hydrogens is 428 g/mol. The number of carbonyl (C=O) groups excluding carboxylic acids is 1. The minimum absolute atomic E-state index is 0.0806. The zero-order valence-electron chi connectivity index (χ0n) is 19.7. The number of methoxy groups -OCH3 is 1. The van der Waals surface area contributed by atoms with E-state index in [1.807, 2.05) is 27.7 Å². The van der Waals surface area contributed by atoms with Crippen LogP contribution in [0.3, 0.4) is 0 Å². The van der Waals surface area contributed by atoms with Crippen LogP contribution in [0, 0.1) is 0 Å². The number of hydrogen-bond donors (Lipinski definition) is 0. The van der Waals surface area contributed by atoms with Crippen LogP contribution in [0.4, 0.5) is 0 Å². The lowest BCUT2D eigenvalue weighted by molar-refractivity contribution is -0.253. The minimum atomic E-state index is -0.780. The Morgan fingerprint density at radius 2 is 1.78 bits per heavy atom. The highest BCUT2D eigenvalue weighted by Gasteiger charge is 2.59. The topological polar surface area (TPSA) is 109 Å². The van der Waals surface area contributed by atoms with Crippen LogP contribution in [0.5, 0.6) is 0 Å². The standard InChI is InChI=1S/C21H36O11/c1-13(25-9-10-26-15(22)12-24-8-7-23-6)28-17-16(14-11-27-20(2,3)30-14)29-19-18(17)31-21(4,5)32-19/h13-14,16-19H,7-12H2,1-6H3/t13?,14?,16-,17+,18-,19-/m1/s1. The fourth-order valence-electron chi connectivity index (χ4n) is 3.81. The van der Waals surface area contributed by atoms with Crippen molar-refractivity contribution in [2.45, 2.75) is 83.2 Å². The van der Waals surface area contributed by atoms with E-state index < -0.39 is 48.4 Å². The van der Waals surface area contributed by atoms with Crippen molar-refractivity contribution in [3.63, 3.8) is 0 Å². The summed E-state index contributed by atoms with van der Waals surface area (Å²) in [5.41, 5.74) is 0. The summed E-state index contributed by atoms with van der Waals surface area (Å²) in [4.78, 5) is 11.6. The first-order valence-corrected chi connectivity index (χ1v) is 10.9. The molecule has 186 valence electrons. The molecule has 0 spiro atoms. The van der Waals surface area contributed by atoms with Crippen molar-refractivity contribution >= 4 is 5.97 Å². The largest absolute Gasteiger partial charge is 0.462 e. The molecule has 0 bridgehead atoms. The molecule has 0 aromatic heterocycles. The molecule has 0 aromatic carbocycles. The van der Waals surface area contributed by atoms with Crippen LogP contribution in [0.15, 0.2) is 0 Å². The summed E-state index contributed by atoms with van der Waals surface area (Å²) >= 11 is 0. The predicted molar refractivity (Wildman–Crippen MR) is 108 cm³/mol. The maximum atomic E-state index is 11.6. The van der Waals surface area contributed by atoms with Crippen molar-refractivity contribution in [2.75, 3.05) is 46.8 Å². The summed E-state index contributed by atoms with van der Waals surface area (Å²) in [5, 5.41) is 0. The molecule has 3 aliphatic heterocycles. The molecule has 6 atom stereocenters. The Morgan fingerprint density at radius 1 is 1.00 bits per heavy atom. The number of hydrogen-bond acceptors (Lipinski definition) is 11. The van der Waals surface area contributed by atoms with E-state index in [2.05, 4.69) is 0 Å². The van der Waals surface area contributed by atoms with Gasteiger partial charge in [0, 0.05) is 7.11 Å². The van der Waals surface area contributed by atoms with Gasteiger partial charge in [0.15, 0.2) is 24.2 Å². The molecule has 0 N–H and O–H groups in total. The lowest BCUT2D eigenvalue weighted by atomic mass is 10.1. The van der Waals surface area contributed by atoms with Crippen LogP contribution in [0.2, 0.25) is 0 Å². The third-order valence-corrected chi connectivity index (χ3v) is 5.12. The third kappa shape index (κ3) is 7.05. The van der Waals surface area contributed by atoms with E-state index >= 15 is 0 Å². The van der Waals surface area contributed by atoms with Crippen molar-refractivity contribution in [1.29, 1.82) is 0 Å². The molecule has 0 radical (unpaired) electrons. The van der Waals surface area contributed by atoms with E-state index in [9.17, 15) is 4.79 Å². The van der Waals surface area contributed by atoms with Crippen LogP contribution >= 0.6 is 0 Å². The zero-order valence-corrected chi connectivity index (χ0v) is 19.7. The van der Waals surface area contributed by atoms with Gasteiger partial charge in [0.25, 0.3) is 0 Å².